The molecule has 4 nitrogen and oxygen atoms in total. The van der Waals surface area contributed by atoms with Crippen molar-refractivity contribution >= 4 is 23.3 Å². The summed E-state index contributed by atoms with van der Waals surface area (Å²) >= 11 is 6.09. The Kier molecular flexibility index (Phi) is 5.38. The number of quaternary nitrogens is 1. The number of carbonyl (C=O) groups excluding carboxylic acids is 1. The molecular formula is C19H22ClN2O2+. The zero-order chi connectivity index (χ0) is 16.9. The Bertz CT molecular complexity index is 685. The van der Waals surface area contributed by atoms with Gasteiger partial charge in [0.15, 0.2) is 0 Å². The van der Waals surface area contributed by atoms with Gasteiger partial charge in [-0.05, 0) is 18.2 Å². The van der Waals surface area contributed by atoms with Gasteiger partial charge in [-0.25, -0.2) is 4.79 Å². The van der Waals surface area contributed by atoms with Gasteiger partial charge in [0.05, 0.1) is 33.3 Å². The predicted molar refractivity (Wildman–Crippen MR) is 95.6 cm³/mol. The third-order valence-electron chi connectivity index (χ3n) is 4.56. The van der Waals surface area contributed by atoms with E-state index in [9.17, 15) is 4.79 Å². The maximum atomic E-state index is 12.3. The summed E-state index contributed by atoms with van der Waals surface area (Å²) < 4.78 is 5.06. The number of nitrogens with one attached hydrogen (secondary N) is 1. The SMILES string of the molecule is COC(=O)[C@H](c1ccccc1)[NH+]1CCN(c2cccc(Cl)c2)CC1. The number of methoxy groups -OCH3 is 1. The molecule has 1 N–H and O–H groups in total. The topological polar surface area (TPSA) is 34.0 Å². The van der Waals surface area contributed by atoms with Gasteiger partial charge >= 0.3 is 5.97 Å². The van der Waals surface area contributed by atoms with Crippen LogP contribution in [-0.4, -0.2) is 39.3 Å². The average molecular weight is 346 g/mol. The van der Waals surface area contributed by atoms with Crippen molar-refractivity contribution in [3.63, 3.8) is 0 Å². The van der Waals surface area contributed by atoms with Gasteiger partial charge in [0, 0.05) is 16.3 Å². The molecule has 1 heterocycles. The van der Waals surface area contributed by atoms with Gasteiger partial charge in [-0.15, -0.1) is 0 Å². The number of esters is 1. The highest BCUT2D eigenvalue weighted by atomic mass is 35.5. The number of carbonyl (C=O) groups is 1. The summed E-state index contributed by atoms with van der Waals surface area (Å²) in [5.41, 5.74) is 2.14. The zero-order valence-electron chi connectivity index (χ0n) is 13.7. The van der Waals surface area contributed by atoms with Gasteiger partial charge in [-0.3, -0.25) is 0 Å². The average Bonchev–Trinajstić information content (AvgIpc) is 2.63. The summed E-state index contributed by atoms with van der Waals surface area (Å²) in [5, 5.41) is 0.749. The third-order valence-corrected chi connectivity index (χ3v) is 4.79. The van der Waals surface area contributed by atoms with E-state index in [0.29, 0.717) is 0 Å². The quantitative estimate of drug-likeness (QED) is 0.860. The molecular weight excluding hydrogens is 324 g/mol. The highest BCUT2D eigenvalue weighted by Crippen LogP contribution is 2.20. The van der Waals surface area contributed by atoms with Crippen LogP contribution in [0.4, 0.5) is 5.69 Å². The second-order valence-electron chi connectivity index (χ2n) is 5.99. The second-order valence-corrected chi connectivity index (χ2v) is 6.43. The molecule has 1 saturated heterocycles. The summed E-state index contributed by atoms with van der Waals surface area (Å²) in [6, 6.07) is 17.5. The van der Waals surface area contributed by atoms with E-state index in [0.717, 1.165) is 42.5 Å². The highest BCUT2D eigenvalue weighted by Gasteiger charge is 2.34. The number of benzene rings is 2. The van der Waals surface area contributed by atoms with Gasteiger partial charge in [-0.2, -0.15) is 0 Å². The van der Waals surface area contributed by atoms with Crippen molar-refractivity contribution in [2.75, 3.05) is 38.2 Å². The van der Waals surface area contributed by atoms with Crippen molar-refractivity contribution in [1.82, 2.24) is 0 Å². The minimum Gasteiger partial charge on any atom is -0.464 e. The number of rotatable bonds is 4. The van der Waals surface area contributed by atoms with Crippen LogP contribution in [0.2, 0.25) is 5.02 Å². The molecule has 3 rings (SSSR count). The number of anilines is 1. The molecule has 0 spiro atoms. The van der Waals surface area contributed by atoms with Crippen LogP contribution in [0.15, 0.2) is 54.6 Å². The maximum Gasteiger partial charge on any atom is 0.369 e. The second kappa shape index (κ2) is 7.69. The Balaban J connectivity index is 1.73. The minimum atomic E-state index is -0.266. The molecule has 1 aliphatic rings. The van der Waals surface area contributed by atoms with Crippen LogP contribution in [-0.2, 0) is 9.53 Å². The standard InChI is InChI=1S/C19H21ClN2O2/c1-24-19(23)18(15-6-3-2-4-7-15)22-12-10-21(11-13-22)17-9-5-8-16(20)14-17/h2-9,14,18H,10-13H2,1H3/p+1/t18-/m0/s1. The number of hydrogen-bond acceptors (Lipinski definition) is 3. The Hall–Kier alpha value is -2.04. The predicted octanol–water partition coefficient (Wildman–Crippen LogP) is 1.96. The van der Waals surface area contributed by atoms with Crippen LogP contribution < -0.4 is 9.80 Å². The van der Waals surface area contributed by atoms with E-state index in [-0.39, 0.29) is 12.0 Å². The smallest absolute Gasteiger partial charge is 0.369 e. The number of hydrogen-bond donors (Lipinski definition) is 1. The molecule has 5 heteroatoms. The first kappa shape index (κ1) is 16.8. The van der Waals surface area contributed by atoms with Crippen LogP contribution in [0.5, 0.6) is 0 Å². The van der Waals surface area contributed by atoms with Crippen LogP contribution in [0, 0.1) is 0 Å². The number of nitrogens with zero attached hydrogens (tertiary/aromatic N) is 1. The first-order chi connectivity index (χ1) is 11.7. The molecule has 0 amide bonds. The molecule has 0 unspecified atom stereocenters. The van der Waals surface area contributed by atoms with E-state index in [1.54, 1.807) is 0 Å². The van der Waals surface area contributed by atoms with Crippen molar-refractivity contribution in [2.24, 2.45) is 0 Å². The van der Waals surface area contributed by atoms with E-state index < -0.39 is 0 Å². The lowest BCUT2D eigenvalue weighted by Crippen LogP contribution is -3.16. The summed E-state index contributed by atoms with van der Waals surface area (Å²) in [6.45, 7) is 3.52. The molecule has 0 radical (unpaired) electrons. The largest absolute Gasteiger partial charge is 0.464 e. The van der Waals surface area contributed by atoms with Gasteiger partial charge in [0.1, 0.15) is 0 Å². The van der Waals surface area contributed by atoms with E-state index >= 15 is 0 Å². The Morgan fingerprint density at radius 1 is 1.12 bits per heavy atom. The molecule has 0 bridgehead atoms. The minimum absolute atomic E-state index is 0.174. The Morgan fingerprint density at radius 3 is 2.46 bits per heavy atom. The fraction of sp³-hybridized carbons (Fsp3) is 0.316. The van der Waals surface area contributed by atoms with Crippen LogP contribution >= 0.6 is 11.6 Å². The monoisotopic (exact) mass is 345 g/mol. The Labute approximate surface area is 147 Å². The first-order valence-corrected chi connectivity index (χ1v) is 8.54. The molecule has 1 fully saturated rings. The summed E-state index contributed by atoms with van der Waals surface area (Å²) in [6.07, 6.45) is 0. The summed E-state index contributed by atoms with van der Waals surface area (Å²) in [5.74, 6) is -0.174. The van der Waals surface area contributed by atoms with Crippen molar-refractivity contribution in [1.29, 1.82) is 0 Å². The molecule has 0 aromatic heterocycles. The molecule has 1 atom stereocenters. The van der Waals surface area contributed by atoms with Gasteiger partial charge in [0.2, 0.25) is 6.04 Å². The third kappa shape index (κ3) is 3.71. The van der Waals surface area contributed by atoms with Gasteiger partial charge in [-0.1, -0.05) is 48.0 Å². The van der Waals surface area contributed by atoms with Crippen molar-refractivity contribution in [3.05, 3.63) is 65.2 Å². The lowest BCUT2D eigenvalue weighted by Gasteiger charge is -2.36. The molecule has 2 aromatic carbocycles. The molecule has 0 aliphatic carbocycles. The van der Waals surface area contributed by atoms with Gasteiger partial charge in [0.25, 0.3) is 0 Å². The summed E-state index contributed by atoms with van der Waals surface area (Å²) in [7, 11) is 1.46. The first-order valence-electron chi connectivity index (χ1n) is 8.17. The van der Waals surface area contributed by atoms with E-state index in [1.165, 1.54) is 12.0 Å². The normalized spacial score (nSPS) is 16.7. The molecule has 126 valence electrons. The Morgan fingerprint density at radius 2 is 1.83 bits per heavy atom. The van der Waals surface area contributed by atoms with Crippen LogP contribution in [0.3, 0.4) is 0 Å². The van der Waals surface area contributed by atoms with E-state index in [1.807, 2.05) is 48.5 Å². The van der Waals surface area contributed by atoms with Crippen molar-refractivity contribution in [2.45, 2.75) is 6.04 Å². The van der Waals surface area contributed by atoms with E-state index in [4.69, 9.17) is 16.3 Å². The maximum absolute atomic E-state index is 12.3. The number of halogens is 1. The van der Waals surface area contributed by atoms with Crippen LogP contribution in [0.25, 0.3) is 0 Å². The van der Waals surface area contributed by atoms with Crippen molar-refractivity contribution in [3.8, 4) is 0 Å². The zero-order valence-corrected chi connectivity index (χ0v) is 14.5. The molecule has 2 aromatic rings. The van der Waals surface area contributed by atoms with Crippen LogP contribution in [0.1, 0.15) is 11.6 Å². The molecule has 24 heavy (non-hydrogen) atoms. The fourth-order valence-electron chi connectivity index (χ4n) is 3.32. The lowest BCUT2D eigenvalue weighted by molar-refractivity contribution is -0.923. The number of piperazine rings is 1. The van der Waals surface area contributed by atoms with Gasteiger partial charge < -0.3 is 14.5 Å². The molecule has 0 saturated carbocycles. The van der Waals surface area contributed by atoms with Crippen molar-refractivity contribution < 1.29 is 14.4 Å². The number of ether oxygens (including phenoxy) is 1. The molecule has 1 aliphatic heterocycles. The summed E-state index contributed by atoms with van der Waals surface area (Å²) in [4.78, 5) is 15.9. The lowest BCUT2D eigenvalue weighted by atomic mass is 10.0. The highest BCUT2D eigenvalue weighted by molar-refractivity contribution is 6.30. The van der Waals surface area contributed by atoms with E-state index in [2.05, 4.69) is 11.0 Å². The fourth-order valence-corrected chi connectivity index (χ4v) is 3.50.